The predicted molar refractivity (Wildman–Crippen MR) is 116 cm³/mol. The number of carbonyl (C=O) groups is 1. The summed E-state index contributed by atoms with van der Waals surface area (Å²) in [4.78, 5) is 18.5. The lowest BCUT2D eigenvalue weighted by Gasteiger charge is -2.17. The lowest BCUT2D eigenvalue weighted by molar-refractivity contribution is -0.128. The number of guanidine groups is 1. The van der Waals surface area contributed by atoms with E-state index < -0.39 is 0 Å². The van der Waals surface area contributed by atoms with Crippen LogP contribution in [0.25, 0.3) is 11.3 Å². The summed E-state index contributed by atoms with van der Waals surface area (Å²) in [6, 6.07) is 11.7. The van der Waals surface area contributed by atoms with E-state index in [1.165, 1.54) is 0 Å². The number of nitrogens with zero attached hydrogens (tertiary/aromatic N) is 3. The summed E-state index contributed by atoms with van der Waals surface area (Å²) < 4.78 is 5.39. The fourth-order valence-electron chi connectivity index (χ4n) is 2.86. The first-order chi connectivity index (χ1) is 12.8. The number of aliphatic imine (C=N–C) groups is 1. The first kappa shape index (κ1) is 21.2. The van der Waals surface area contributed by atoms with Crippen LogP contribution in [0, 0.1) is 0 Å². The van der Waals surface area contributed by atoms with Crippen LogP contribution >= 0.6 is 24.0 Å². The Labute approximate surface area is 176 Å². The molecule has 0 atom stereocenters. The number of amides is 1. The number of hydrogen-bond donors (Lipinski definition) is 2. The summed E-state index contributed by atoms with van der Waals surface area (Å²) in [6.07, 6.45) is 2.19. The fraction of sp³-hybridized carbons (Fsp3) is 0.421. The zero-order valence-corrected chi connectivity index (χ0v) is 17.8. The van der Waals surface area contributed by atoms with Crippen molar-refractivity contribution in [2.75, 3.05) is 26.2 Å². The Morgan fingerprint density at radius 1 is 1.22 bits per heavy atom. The Balaban J connectivity index is 0.00000261. The van der Waals surface area contributed by atoms with Gasteiger partial charge in [-0.1, -0.05) is 35.5 Å². The van der Waals surface area contributed by atoms with Crippen LogP contribution < -0.4 is 10.6 Å². The van der Waals surface area contributed by atoms with E-state index in [0.29, 0.717) is 12.5 Å². The Kier molecular flexibility index (Phi) is 8.56. The lowest BCUT2D eigenvalue weighted by Crippen LogP contribution is -2.44. The number of halogens is 1. The second kappa shape index (κ2) is 10.9. The van der Waals surface area contributed by atoms with Gasteiger partial charge in [0.25, 0.3) is 0 Å². The molecule has 1 amide bonds. The summed E-state index contributed by atoms with van der Waals surface area (Å²) >= 11 is 0. The molecule has 1 saturated heterocycles. The van der Waals surface area contributed by atoms with Crippen molar-refractivity contribution in [3.63, 3.8) is 0 Å². The van der Waals surface area contributed by atoms with E-state index in [2.05, 4.69) is 20.8 Å². The van der Waals surface area contributed by atoms with Crippen LogP contribution in [0.4, 0.5) is 0 Å². The van der Waals surface area contributed by atoms with E-state index in [9.17, 15) is 4.79 Å². The quantitative estimate of drug-likeness (QED) is 0.375. The number of aromatic nitrogens is 1. The van der Waals surface area contributed by atoms with Crippen molar-refractivity contribution in [3.05, 3.63) is 42.1 Å². The molecule has 0 spiro atoms. The van der Waals surface area contributed by atoms with Crippen molar-refractivity contribution in [1.29, 1.82) is 0 Å². The van der Waals surface area contributed by atoms with Crippen LogP contribution in [0.1, 0.15) is 25.5 Å². The average Bonchev–Trinajstić information content (AvgIpc) is 3.36. The standard InChI is InChI=1S/C19H25N5O2.HI/c1-2-20-19(22-14-18(25)24-10-6-7-11-24)21-13-16-12-17(26-23-16)15-8-4-3-5-9-15;/h3-5,8-9,12H,2,6-7,10-11,13-14H2,1H3,(H2,20,21,22);1H. The molecule has 1 aromatic heterocycles. The maximum Gasteiger partial charge on any atom is 0.241 e. The molecule has 1 fully saturated rings. The van der Waals surface area contributed by atoms with Crippen LogP contribution in [0.15, 0.2) is 45.9 Å². The highest BCUT2D eigenvalue weighted by Gasteiger charge is 2.17. The van der Waals surface area contributed by atoms with Crippen molar-refractivity contribution in [3.8, 4) is 11.3 Å². The number of benzene rings is 1. The van der Waals surface area contributed by atoms with Gasteiger partial charge in [0.2, 0.25) is 5.91 Å². The first-order valence-electron chi connectivity index (χ1n) is 9.07. The highest BCUT2D eigenvalue weighted by molar-refractivity contribution is 14.0. The van der Waals surface area contributed by atoms with Gasteiger partial charge < -0.3 is 20.1 Å². The summed E-state index contributed by atoms with van der Waals surface area (Å²) in [5, 5.41) is 10.3. The summed E-state index contributed by atoms with van der Waals surface area (Å²) in [6.45, 7) is 5.05. The minimum Gasteiger partial charge on any atom is -0.357 e. The number of rotatable bonds is 6. The molecule has 2 heterocycles. The molecule has 8 heteroatoms. The van der Waals surface area contributed by atoms with Crippen LogP contribution in [0.2, 0.25) is 0 Å². The van der Waals surface area contributed by atoms with Crippen molar-refractivity contribution in [2.45, 2.75) is 26.3 Å². The van der Waals surface area contributed by atoms with E-state index in [1.54, 1.807) is 0 Å². The molecule has 1 aromatic carbocycles. The molecule has 2 N–H and O–H groups in total. The van der Waals surface area contributed by atoms with Gasteiger partial charge in [-0.2, -0.15) is 0 Å². The van der Waals surface area contributed by atoms with E-state index in [0.717, 1.165) is 49.5 Å². The van der Waals surface area contributed by atoms with E-state index in [4.69, 9.17) is 4.52 Å². The van der Waals surface area contributed by atoms with Crippen molar-refractivity contribution in [2.24, 2.45) is 4.99 Å². The van der Waals surface area contributed by atoms with Crippen LogP contribution in [-0.4, -0.2) is 48.1 Å². The second-order valence-corrected chi connectivity index (χ2v) is 6.19. The molecule has 0 unspecified atom stereocenters. The number of carbonyl (C=O) groups excluding carboxylic acids is 1. The van der Waals surface area contributed by atoms with Gasteiger partial charge in [0.05, 0.1) is 13.1 Å². The Bertz CT molecular complexity index is 742. The first-order valence-corrected chi connectivity index (χ1v) is 9.07. The van der Waals surface area contributed by atoms with Gasteiger partial charge in [-0.3, -0.25) is 4.79 Å². The third-order valence-corrected chi connectivity index (χ3v) is 4.23. The molecule has 7 nitrogen and oxygen atoms in total. The van der Waals surface area contributed by atoms with Crippen molar-refractivity contribution < 1.29 is 9.32 Å². The molecule has 1 aliphatic heterocycles. The summed E-state index contributed by atoms with van der Waals surface area (Å²) in [5.74, 6) is 1.43. The Hall–Kier alpha value is -2.10. The number of likely N-dealkylation sites (tertiary alicyclic amines) is 1. The summed E-state index contributed by atoms with van der Waals surface area (Å²) in [5.41, 5.74) is 1.73. The minimum atomic E-state index is 0. The zero-order chi connectivity index (χ0) is 18.2. The molecule has 0 bridgehead atoms. The lowest BCUT2D eigenvalue weighted by atomic mass is 10.2. The van der Waals surface area contributed by atoms with E-state index in [1.807, 2.05) is 48.2 Å². The topological polar surface area (TPSA) is 82.8 Å². The van der Waals surface area contributed by atoms with Gasteiger partial charge in [0, 0.05) is 31.3 Å². The largest absolute Gasteiger partial charge is 0.357 e. The van der Waals surface area contributed by atoms with Crippen molar-refractivity contribution >= 4 is 35.8 Å². The van der Waals surface area contributed by atoms with Gasteiger partial charge >= 0.3 is 0 Å². The molecule has 0 saturated carbocycles. The molecule has 3 rings (SSSR count). The summed E-state index contributed by atoms with van der Waals surface area (Å²) in [7, 11) is 0. The second-order valence-electron chi connectivity index (χ2n) is 6.19. The van der Waals surface area contributed by atoms with Gasteiger partial charge in [0.1, 0.15) is 5.69 Å². The Morgan fingerprint density at radius 2 is 1.96 bits per heavy atom. The third-order valence-electron chi connectivity index (χ3n) is 4.23. The number of hydrogen-bond acceptors (Lipinski definition) is 4. The molecule has 27 heavy (non-hydrogen) atoms. The predicted octanol–water partition coefficient (Wildman–Crippen LogP) is 2.64. The molecule has 2 aromatic rings. The monoisotopic (exact) mass is 483 g/mol. The average molecular weight is 483 g/mol. The van der Waals surface area contributed by atoms with Crippen LogP contribution in [-0.2, 0) is 11.3 Å². The van der Waals surface area contributed by atoms with Crippen LogP contribution in [0.3, 0.4) is 0 Å². The van der Waals surface area contributed by atoms with Crippen LogP contribution in [0.5, 0.6) is 0 Å². The Morgan fingerprint density at radius 3 is 2.67 bits per heavy atom. The van der Waals surface area contributed by atoms with Gasteiger partial charge in [-0.15, -0.1) is 24.0 Å². The molecular weight excluding hydrogens is 457 g/mol. The number of nitrogens with one attached hydrogen (secondary N) is 2. The molecule has 1 aliphatic rings. The highest BCUT2D eigenvalue weighted by atomic mass is 127. The zero-order valence-electron chi connectivity index (χ0n) is 15.5. The molecule has 146 valence electrons. The third kappa shape index (κ3) is 6.23. The van der Waals surface area contributed by atoms with Gasteiger partial charge in [0.15, 0.2) is 11.7 Å². The smallest absolute Gasteiger partial charge is 0.241 e. The highest BCUT2D eigenvalue weighted by Crippen LogP contribution is 2.19. The molecular formula is C19H26IN5O2. The van der Waals surface area contributed by atoms with E-state index >= 15 is 0 Å². The van der Waals surface area contributed by atoms with E-state index in [-0.39, 0.29) is 36.4 Å². The fourth-order valence-corrected chi connectivity index (χ4v) is 2.86. The SMILES string of the molecule is CCNC(=NCc1cc(-c2ccccc2)on1)NCC(=O)N1CCCC1.I. The molecule has 0 radical (unpaired) electrons. The maximum atomic E-state index is 12.1. The van der Waals surface area contributed by atoms with Gasteiger partial charge in [-0.05, 0) is 19.8 Å². The maximum absolute atomic E-state index is 12.1. The van der Waals surface area contributed by atoms with Crippen molar-refractivity contribution in [1.82, 2.24) is 20.7 Å². The normalized spacial score (nSPS) is 14.0. The van der Waals surface area contributed by atoms with Gasteiger partial charge in [-0.25, -0.2) is 4.99 Å². The molecule has 0 aliphatic carbocycles. The minimum absolute atomic E-state index is 0.